The summed E-state index contributed by atoms with van der Waals surface area (Å²) in [6.45, 7) is -0.0480. The highest BCUT2D eigenvalue weighted by molar-refractivity contribution is 5.23. The maximum absolute atomic E-state index is 10.1. The number of hydrogen-bond acceptors (Lipinski definition) is 4. The number of hydrogen-bond donors (Lipinski definition) is 2. The Balaban J connectivity index is 2.71. The van der Waals surface area contributed by atoms with Crippen LogP contribution < -0.4 is 5.73 Å². The van der Waals surface area contributed by atoms with Crippen LogP contribution in [-0.2, 0) is 6.54 Å². The predicted molar refractivity (Wildman–Crippen MR) is 51.2 cm³/mol. The Morgan fingerprint density at radius 3 is 2.43 bits per heavy atom. The second kappa shape index (κ2) is 4.69. The van der Waals surface area contributed by atoms with Crippen molar-refractivity contribution in [3.8, 4) is 0 Å². The molecule has 5 nitrogen and oxygen atoms in total. The molecule has 0 aliphatic rings. The Bertz CT molecular complexity index is 310. The van der Waals surface area contributed by atoms with Crippen LogP contribution >= 0.6 is 0 Å². The molecule has 1 aromatic carbocycles. The van der Waals surface area contributed by atoms with Crippen LogP contribution in [0.25, 0.3) is 0 Å². The summed E-state index contributed by atoms with van der Waals surface area (Å²) < 4.78 is 0. The molecule has 0 aliphatic heterocycles. The van der Waals surface area contributed by atoms with Crippen molar-refractivity contribution in [2.24, 2.45) is 5.73 Å². The smallest absolute Gasteiger partial charge is 0.233 e. The van der Waals surface area contributed by atoms with Crippen molar-refractivity contribution in [1.29, 1.82) is 0 Å². The summed E-state index contributed by atoms with van der Waals surface area (Å²) >= 11 is 0. The fourth-order valence-corrected chi connectivity index (χ4v) is 1.12. The van der Waals surface area contributed by atoms with Crippen molar-refractivity contribution in [1.82, 2.24) is 0 Å². The van der Waals surface area contributed by atoms with Crippen LogP contribution in [0.2, 0.25) is 0 Å². The molecule has 0 unspecified atom stereocenters. The van der Waals surface area contributed by atoms with Gasteiger partial charge in [0, 0.05) is 11.5 Å². The molecule has 1 rings (SSSR count). The molecule has 0 saturated heterocycles. The lowest BCUT2D eigenvalue weighted by atomic mass is 10.1. The normalized spacial score (nSPS) is 12.4. The molecule has 0 spiro atoms. The first kappa shape index (κ1) is 10.6. The zero-order chi connectivity index (χ0) is 10.6. The third-order valence-corrected chi connectivity index (χ3v) is 1.92. The van der Waals surface area contributed by atoms with Gasteiger partial charge in [0.05, 0.1) is 0 Å². The van der Waals surface area contributed by atoms with E-state index in [9.17, 15) is 15.2 Å². The summed E-state index contributed by atoms with van der Waals surface area (Å²) in [5, 5.41) is 19.5. The van der Waals surface area contributed by atoms with Crippen LogP contribution in [0, 0.1) is 10.1 Å². The average molecular weight is 196 g/mol. The van der Waals surface area contributed by atoms with Crippen molar-refractivity contribution in [3.05, 3.63) is 45.5 Å². The third kappa shape index (κ3) is 2.79. The fourth-order valence-electron chi connectivity index (χ4n) is 1.12. The van der Waals surface area contributed by atoms with Crippen LogP contribution in [0.15, 0.2) is 24.3 Å². The number of aliphatic hydroxyl groups excluding tert-OH is 1. The molecule has 76 valence electrons. The second-order valence-electron chi connectivity index (χ2n) is 2.98. The zero-order valence-electron chi connectivity index (χ0n) is 7.59. The topological polar surface area (TPSA) is 89.4 Å². The van der Waals surface area contributed by atoms with Crippen LogP contribution in [0.1, 0.15) is 17.2 Å². The fraction of sp³-hybridized carbons (Fsp3) is 0.333. The van der Waals surface area contributed by atoms with Crippen molar-refractivity contribution in [3.63, 3.8) is 0 Å². The molecule has 1 aromatic rings. The molecule has 0 bridgehead atoms. The first-order valence-corrected chi connectivity index (χ1v) is 4.22. The molecule has 0 heterocycles. The van der Waals surface area contributed by atoms with E-state index in [4.69, 9.17) is 5.73 Å². The average Bonchev–Trinajstić information content (AvgIpc) is 2.17. The minimum absolute atomic E-state index is 0.422. The molecule has 5 heteroatoms. The van der Waals surface area contributed by atoms with E-state index in [0.717, 1.165) is 5.56 Å². The maximum atomic E-state index is 10.1. The van der Waals surface area contributed by atoms with Crippen LogP contribution in [-0.4, -0.2) is 16.6 Å². The molecule has 0 aliphatic carbocycles. The van der Waals surface area contributed by atoms with Gasteiger partial charge in [-0.3, -0.25) is 10.1 Å². The first-order valence-electron chi connectivity index (χ1n) is 4.22. The van der Waals surface area contributed by atoms with Gasteiger partial charge in [0.15, 0.2) is 0 Å². The molecular formula is C9H12N2O3. The summed E-state index contributed by atoms with van der Waals surface area (Å²) in [5.41, 5.74) is 6.86. The number of benzene rings is 1. The van der Waals surface area contributed by atoms with E-state index in [1.54, 1.807) is 24.3 Å². The van der Waals surface area contributed by atoms with Crippen molar-refractivity contribution >= 4 is 0 Å². The molecule has 14 heavy (non-hydrogen) atoms. The molecule has 0 saturated carbocycles. The summed E-state index contributed by atoms with van der Waals surface area (Å²) in [7, 11) is 0. The van der Waals surface area contributed by atoms with Crippen molar-refractivity contribution < 1.29 is 10.0 Å². The lowest BCUT2D eigenvalue weighted by molar-refractivity contribution is -0.491. The summed E-state index contributed by atoms with van der Waals surface area (Å²) in [5.74, 6) is 0. The number of nitrogens with two attached hydrogens (primary N) is 1. The van der Waals surface area contributed by atoms with Crippen LogP contribution in [0.4, 0.5) is 0 Å². The molecule has 0 aromatic heterocycles. The number of nitrogens with zero attached hydrogens (tertiary/aromatic N) is 1. The van der Waals surface area contributed by atoms with Crippen LogP contribution in [0.3, 0.4) is 0 Å². The van der Waals surface area contributed by atoms with Crippen LogP contribution in [0.5, 0.6) is 0 Å². The van der Waals surface area contributed by atoms with E-state index in [-0.39, 0.29) is 0 Å². The van der Waals surface area contributed by atoms with E-state index in [0.29, 0.717) is 12.1 Å². The quantitative estimate of drug-likeness (QED) is 0.540. The summed E-state index contributed by atoms with van der Waals surface area (Å²) in [4.78, 5) is 9.59. The van der Waals surface area contributed by atoms with Crippen molar-refractivity contribution in [2.75, 3.05) is 6.54 Å². The Kier molecular flexibility index (Phi) is 3.55. The van der Waals surface area contributed by atoms with E-state index in [1.807, 2.05) is 0 Å². The van der Waals surface area contributed by atoms with Gasteiger partial charge in [0.2, 0.25) is 6.54 Å². The minimum Gasteiger partial charge on any atom is -0.382 e. The molecule has 1 atom stereocenters. The third-order valence-electron chi connectivity index (χ3n) is 1.92. The Hall–Kier alpha value is -1.46. The standard InChI is InChI=1S/C9H12N2O3/c10-5-7-1-3-8(4-2-7)9(12)6-11(13)14/h1-4,9,12H,5-6,10H2/t9-/m1/s1. The van der Waals surface area contributed by atoms with Gasteiger partial charge in [-0.1, -0.05) is 24.3 Å². The van der Waals surface area contributed by atoms with Gasteiger partial charge in [0.1, 0.15) is 6.10 Å². The summed E-state index contributed by atoms with van der Waals surface area (Å²) in [6, 6.07) is 6.80. The molecule has 0 amide bonds. The first-order chi connectivity index (χ1) is 6.63. The number of rotatable bonds is 4. The van der Waals surface area contributed by atoms with E-state index in [2.05, 4.69) is 0 Å². The lowest BCUT2D eigenvalue weighted by Crippen LogP contribution is -2.11. The predicted octanol–water partition coefficient (Wildman–Crippen LogP) is 0.455. The van der Waals surface area contributed by atoms with Gasteiger partial charge in [-0.05, 0) is 11.1 Å². The SMILES string of the molecule is NCc1ccc([C@H](O)C[N+](=O)[O-])cc1. The monoisotopic (exact) mass is 196 g/mol. The van der Waals surface area contributed by atoms with Gasteiger partial charge in [-0.15, -0.1) is 0 Å². The maximum Gasteiger partial charge on any atom is 0.233 e. The van der Waals surface area contributed by atoms with Gasteiger partial charge < -0.3 is 10.8 Å². The highest BCUT2D eigenvalue weighted by Crippen LogP contribution is 2.13. The number of aliphatic hydroxyl groups is 1. The Morgan fingerprint density at radius 2 is 2.00 bits per heavy atom. The molecular weight excluding hydrogens is 184 g/mol. The van der Waals surface area contributed by atoms with E-state index >= 15 is 0 Å². The Morgan fingerprint density at radius 1 is 1.43 bits per heavy atom. The lowest BCUT2D eigenvalue weighted by Gasteiger charge is -2.06. The highest BCUT2D eigenvalue weighted by Gasteiger charge is 2.13. The minimum atomic E-state index is -1.04. The van der Waals surface area contributed by atoms with E-state index in [1.165, 1.54) is 0 Å². The zero-order valence-corrected chi connectivity index (χ0v) is 7.59. The second-order valence-corrected chi connectivity index (χ2v) is 2.98. The van der Waals surface area contributed by atoms with Gasteiger partial charge in [-0.2, -0.15) is 0 Å². The molecule has 3 N–H and O–H groups in total. The molecule has 0 radical (unpaired) electrons. The Labute approximate surface area is 81.3 Å². The largest absolute Gasteiger partial charge is 0.382 e. The van der Waals surface area contributed by atoms with Crippen molar-refractivity contribution in [2.45, 2.75) is 12.6 Å². The molecule has 0 fully saturated rings. The van der Waals surface area contributed by atoms with E-state index < -0.39 is 17.6 Å². The van der Waals surface area contributed by atoms with Gasteiger partial charge in [-0.25, -0.2) is 0 Å². The van der Waals surface area contributed by atoms with Gasteiger partial charge in [0.25, 0.3) is 0 Å². The van der Waals surface area contributed by atoms with Gasteiger partial charge >= 0.3 is 0 Å². The number of nitro groups is 1. The highest BCUT2D eigenvalue weighted by atomic mass is 16.6. The summed E-state index contributed by atoms with van der Waals surface area (Å²) in [6.07, 6.45) is -1.04.